The van der Waals surface area contributed by atoms with Gasteiger partial charge in [0.25, 0.3) is 0 Å². The van der Waals surface area contributed by atoms with Crippen LogP contribution in [0.1, 0.15) is 26.2 Å². The maximum atomic E-state index is 12.1. The Morgan fingerprint density at radius 1 is 1.32 bits per heavy atom. The van der Waals surface area contributed by atoms with Crippen LogP contribution in [-0.2, 0) is 19.4 Å². The van der Waals surface area contributed by atoms with Crippen LogP contribution in [-0.4, -0.2) is 54.4 Å². The molecule has 3 atom stereocenters. The summed E-state index contributed by atoms with van der Waals surface area (Å²) in [6.45, 7) is 2.28. The maximum absolute atomic E-state index is 12.1. The van der Waals surface area contributed by atoms with Gasteiger partial charge in [-0.3, -0.25) is 4.79 Å². The second-order valence-electron chi connectivity index (χ2n) is 5.61. The molecular weight excluding hydrogens is 270 g/mol. The highest BCUT2D eigenvalue weighted by atomic mass is 32.2. The SMILES string of the molecule is CC1CCN(C(=O)CC2CCS(=O)(=O)C2)C1C(=O)O. The Morgan fingerprint density at radius 2 is 2.00 bits per heavy atom. The standard InChI is InChI=1S/C12H19NO5S/c1-8-2-4-13(11(8)12(15)16)10(14)6-9-3-5-19(17,18)7-9/h8-9,11H,2-7H2,1H3,(H,15,16). The van der Waals surface area contributed by atoms with Crippen LogP contribution in [0.3, 0.4) is 0 Å². The summed E-state index contributed by atoms with van der Waals surface area (Å²) in [5.74, 6) is -1.20. The van der Waals surface area contributed by atoms with E-state index in [-0.39, 0.29) is 35.7 Å². The molecule has 3 unspecified atom stereocenters. The quantitative estimate of drug-likeness (QED) is 0.797. The molecule has 2 aliphatic heterocycles. The van der Waals surface area contributed by atoms with E-state index in [9.17, 15) is 18.0 Å². The molecule has 1 amide bonds. The third-order valence-electron chi connectivity index (χ3n) is 4.06. The monoisotopic (exact) mass is 289 g/mol. The van der Waals surface area contributed by atoms with E-state index in [2.05, 4.69) is 0 Å². The molecule has 0 aromatic heterocycles. The normalized spacial score (nSPS) is 33.5. The van der Waals surface area contributed by atoms with Crippen molar-refractivity contribution in [2.75, 3.05) is 18.1 Å². The molecule has 6 nitrogen and oxygen atoms in total. The molecular formula is C12H19NO5S. The van der Waals surface area contributed by atoms with Crippen molar-refractivity contribution in [2.24, 2.45) is 11.8 Å². The fourth-order valence-corrected chi connectivity index (χ4v) is 4.86. The number of carboxylic acid groups (broad SMARTS) is 1. The van der Waals surface area contributed by atoms with Crippen LogP contribution in [0.25, 0.3) is 0 Å². The van der Waals surface area contributed by atoms with Crippen molar-refractivity contribution in [1.82, 2.24) is 4.90 Å². The number of hydrogen-bond acceptors (Lipinski definition) is 4. The molecule has 2 aliphatic rings. The van der Waals surface area contributed by atoms with Crippen LogP contribution in [0.2, 0.25) is 0 Å². The number of hydrogen-bond donors (Lipinski definition) is 1. The van der Waals surface area contributed by atoms with Gasteiger partial charge in [0.15, 0.2) is 9.84 Å². The van der Waals surface area contributed by atoms with E-state index in [4.69, 9.17) is 5.11 Å². The third-order valence-corrected chi connectivity index (χ3v) is 5.90. The highest BCUT2D eigenvalue weighted by Gasteiger charge is 2.40. The number of carbonyl (C=O) groups is 2. The molecule has 2 heterocycles. The largest absolute Gasteiger partial charge is 0.480 e. The van der Waals surface area contributed by atoms with Gasteiger partial charge in [0.05, 0.1) is 11.5 Å². The van der Waals surface area contributed by atoms with Crippen molar-refractivity contribution < 1.29 is 23.1 Å². The van der Waals surface area contributed by atoms with Gasteiger partial charge in [-0.15, -0.1) is 0 Å². The van der Waals surface area contributed by atoms with Gasteiger partial charge in [0.2, 0.25) is 5.91 Å². The summed E-state index contributed by atoms with van der Waals surface area (Å²) >= 11 is 0. The number of carbonyl (C=O) groups excluding carboxylic acids is 1. The van der Waals surface area contributed by atoms with E-state index >= 15 is 0 Å². The second-order valence-corrected chi connectivity index (χ2v) is 7.84. The van der Waals surface area contributed by atoms with E-state index in [1.807, 2.05) is 6.92 Å². The highest BCUT2D eigenvalue weighted by molar-refractivity contribution is 7.91. The molecule has 0 bridgehead atoms. The van der Waals surface area contributed by atoms with Crippen molar-refractivity contribution in [2.45, 2.75) is 32.2 Å². The lowest BCUT2D eigenvalue weighted by atomic mass is 10.0. The zero-order valence-corrected chi connectivity index (χ0v) is 11.7. The lowest BCUT2D eigenvalue weighted by Gasteiger charge is -2.24. The highest BCUT2D eigenvalue weighted by Crippen LogP contribution is 2.28. The molecule has 0 radical (unpaired) electrons. The van der Waals surface area contributed by atoms with Crippen molar-refractivity contribution >= 4 is 21.7 Å². The van der Waals surface area contributed by atoms with Gasteiger partial charge in [-0.05, 0) is 24.7 Å². The number of likely N-dealkylation sites (tertiary alicyclic amines) is 1. The first kappa shape index (κ1) is 14.3. The Labute approximate surface area is 112 Å². The average Bonchev–Trinajstić information content (AvgIpc) is 2.81. The van der Waals surface area contributed by atoms with Gasteiger partial charge >= 0.3 is 5.97 Å². The number of aliphatic carboxylic acids is 1. The molecule has 0 aromatic carbocycles. The van der Waals surface area contributed by atoms with Gasteiger partial charge in [-0.1, -0.05) is 6.92 Å². The lowest BCUT2D eigenvalue weighted by Crippen LogP contribution is -2.43. The second kappa shape index (κ2) is 5.11. The number of sulfone groups is 1. The smallest absolute Gasteiger partial charge is 0.326 e. The summed E-state index contributed by atoms with van der Waals surface area (Å²) in [4.78, 5) is 24.7. The van der Waals surface area contributed by atoms with Crippen LogP contribution in [0.5, 0.6) is 0 Å². The molecule has 2 saturated heterocycles. The zero-order valence-electron chi connectivity index (χ0n) is 10.9. The molecule has 1 N–H and O–H groups in total. The van der Waals surface area contributed by atoms with Gasteiger partial charge in [0.1, 0.15) is 6.04 Å². The number of nitrogens with zero attached hydrogens (tertiary/aromatic N) is 1. The maximum Gasteiger partial charge on any atom is 0.326 e. The van der Waals surface area contributed by atoms with Gasteiger partial charge in [0, 0.05) is 13.0 Å². The van der Waals surface area contributed by atoms with Crippen LogP contribution in [0.4, 0.5) is 0 Å². The number of rotatable bonds is 3. The summed E-state index contributed by atoms with van der Waals surface area (Å²) in [6.07, 6.45) is 1.34. The molecule has 0 spiro atoms. The Kier molecular flexibility index (Phi) is 3.85. The van der Waals surface area contributed by atoms with Gasteiger partial charge < -0.3 is 10.0 Å². The molecule has 2 fully saturated rings. The molecule has 0 aromatic rings. The summed E-state index contributed by atoms with van der Waals surface area (Å²) in [6, 6.07) is -0.759. The summed E-state index contributed by atoms with van der Waals surface area (Å²) in [5.41, 5.74) is 0. The molecule has 0 aliphatic carbocycles. The fraction of sp³-hybridized carbons (Fsp3) is 0.833. The van der Waals surface area contributed by atoms with E-state index in [0.29, 0.717) is 19.4 Å². The van der Waals surface area contributed by atoms with E-state index in [1.165, 1.54) is 4.90 Å². The molecule has 19 heavy (non-hydrogen) atoms. The Bertz CT molecular complexity index is 486. The van der Waals surface area contributed by atoms with Crippen molar-refractivity contribution in [3.8, 4) is 0 Å². The first-order chi connectivity index (χ1) is 8.80. The predicted molar refractivity (Wildman–Crippen MR) is 68.3 cm³/mol. The summed E-state index contributed by atoms with van der Waals surface area (Å²) in [5, 5.41) is 9.16. The first-order valence-corrected chi connectivity index (χ1v) is 8.35. The third kappa shape index (κ3) is 3.08. The lowest BCUT2D eigenvalue weighted by molar-refractivity contribution is -0.149. The van der Waals surface area contributed by atoms with Crippen LogP contribution in [0, 0.1) is 11.8 Å². The van der Waals surface area contributed by atoms with Crippen molar-refractivity contribution in [1.29, 1.82) is 0 Å². The van der Waals surface area contributed by atoms with Crippen LogP contribution < -0.4 is 0 Å². The minimum absolute atomic E-state index is 0.0474. The number of carboxylic acids is 1. The van der Waals surface area contributed by atoms with E-state index in [0.717, 1.165) is 0 Å². The topological polar surface area (TPSA) is 91.8 Å². The van der Waals surface area contributed by atoms with E-state index < -0.39 is 21.8 Å². The van der Waals surface area contributed by atoms with Gasteiger partial charge in [-0.25, -0.2) is 13.2 Å². The average molecular weight is 289 g/mol. The minimum atomic E-state index is -2.99. The van der Waals surface area contributed by atoms with Crippen molar-refractivity contribution in [3.63, 3.8) is 0 Å². The molecule has 7 heteroatoms. The van der Waals surface area contributed by atoms with Crippen LogP contribution >= 0.6 is 0 Å². The summed E-state index contributed by atoms with van der Waals surface area (Å²) < 4.78 is 22.7. The van der Waals surface area contributed by atoms with Crippen molar-refractivity contribution in [3.05, 3.63) is 0 Å². The summed E-state index contributed by atoms with van der Waals surface area (Å²) in [7, 11) is -2.99. The van der Waals surface area contributed by atoms with Crippen LogP contribution in [0.15, 0.2) is 0 Å². The predicted octanol–water partition coefficient (Wildman–Crippen LogP) is 0.133. The van der Waals surface area contributed by atoms with E-state index in [1.54, 1.807) is 0 Å². The molecule has 0 saturated carbocycles. The zero-order chi connectivity index (χ0) is 14.2. The minimum Gasteiger partial charge on any atom is -0.480 e. The number of amides is 1. The first-order valence-electron chi connectivity index (χ1n) is 6.53. The Balaban J connectivity index is 1.99. The van der Waals surface area contributed by atoms with Gasteiger partial charge in [-0.2, -0.15) is 0 Å². The molecule has 108 valence electrons. The fourth-order valence-electron chi connectivity index (χ4n) is 3.00. The Hall–Kier alpha value is -1.11. The Morgan fingerprint density at radius 3 is 2.53 bits per heavy atom. The molecule has 2 rings (SSSR count).